The van der Waals surface area contributed by atoms with Crippen molar-refractivity contribution in [2.24, 2.45) is 0 Å². The van der Waals surface area contributed by atoms with Crippen molar-refractivity contribution in [3.8, 4) is 0 Å². The van der Waals surface area contributed by atoms with Crippen molar-refractivity contribution in [3.63, 3.8) is 0 Å². The van der Waals surface area contributed by atoms with E-state index in [0.717, 1.165) is 10.0 Å². The van der Waals surface area contributed by atoms with E-state index in [-0.39, 0.29) is 6.42 Å². The molecule has 1 aromatic carbocycles. The number of H-pyrrole nitrogens is 1. The zero-order valence-corrected chi connectivity index (χ0v) is 12.8. The van der Waals surface area contributed by atoms with Crippen molar-refractivity contribution in [1.82, 2.24) is 15.3 Å². The normalized spacial score (nSPS) is 11.9. The van der Waals surface area contributed by atoms with Gasteiger partial charge in [0.05, 0.1) is 6.33 Å². The van der Waals surface area contributed by atoms with Crippen LogP contribution in [0.5, 0.6) is 0 Å². The van der Waals surface area contributed by atoms with E-state index in [1.165, 1.54) is 12.5 Å². The third kappa shape index (κ3) is 3.91. The SMILES string of the molecule is Cc1ccc(Br)cc1C(=O)N[C@@H](Cc1cnc[nH]1)C(=O)O. The second-order valence-corrected chi connectivity index (χ2v) is 5.52. The van der Waals surface area contributed by atoms with Crippen molar-refractivity contribution < 1.29 is 14.7 Å². The van der Waals surface area contributed by atoms with Crippen molar-refractivity contribution in [2.75, 3.05) is 0 Å². The molecule has 1 amide bonds. The van der Waals surface area contributed by atoms with E-state index in [0.29, 0.717) is 11.3 Å². The fraction of sp³-hybridized carbons (Fsp3) is 0.214. The predicted octanol–water partition coefficient (Wildman–Crippen LogP) is 1.91. The Morgan fingerprint density at radius 1 is 1.48 bits per heavy atom. The number of hydrogen-bond donors (Lipinski definition) is 3. The molecule has 0 bridgehead atoms. The third-order valence-corrected chi connectivity index (χ3v) is 3.52. The first-order valence-corrected chi connectivity index (χ1v) is 7.03. The van der Waals surface area contributed by atoms with Gasteiger partial charge in [0.25, 0.3) is 5.91 Å². The molecule has 110 valence electrons. The molecule has 2 rings (SSSR count). The second-order valence-electron chi connectivity index (χ2n) is 4.60. The molecule has 2 aromatic rings. The molecule has 7 heteroatoms. The Morgan fingerprint density at radius 2 is 2.24 bits per heavy atom. The van der Waals surface area contributed by atoms with Gasteiger partial charge in [0, 0.05) is 28.3 Å². The van der Waals surface area contributed by atoms with Crippen molar-refractivity contribution in [1.29, 1.82) is 0 Å². The molecule has 0 radical (unpaired) electrons. The number of aromatic amines is 1. The van der Waals surface area contributed by atoms with E-state index in [1.54, 1.807) is 19.1 Å². The molecule has 0 aliphatic heterocycles. The van der Waals surface area contributed by atoms with E-state index in [1.807, 2.05) is 6.07 Å². The molecule has 0 fully saturated rings. The molecule has 1 atom stereocenters. The lowest BCUT2D eigenvalue weighted by molar-refractivity contribution is -0.139. The van der Waals surface area contributed by atoms with Crippen molar-refractivity contribution in [3.05, 3.63) is 52.0 Å². The van der Waals surface area contributed by atoms with Crippen LogP contribution in [0.3, 0.4) is 0 Å². The summed E-state index contributed by atoms with van der Waals surface area (Å²) in [5.41, 5.74) is 1.87. The number of amides is 1. The van der Waals surface area contributed by atoms with Gasteiger partial charge < -0.3 is 15.4 Å². The summed E-state index contributed by atoms with van der Waals surface area (Å²) in [6, 6.07) is 4.27. The van der Waals surface area contributed by atoms with Crippen LogP contribution in [0.25, 0.3) is 0 Å². The van der Waals surface area contributed by atoms with Gasteiger partial charge in [-0.05, 0) is 24.6 Å². The average molecular weight is 352 g/mol. The van der Waals surface area contributed by atoms with Crippen LogP contribution in [0, 0.1) is 6.92 Å². The maximum Gasteiger partial charge on any atom is 0.326 e. The summed E-state index contributed by atoms with van der Waals surface area (Å²) in [4.78, 5) is 30.2. The average Bonchev–Trinajstić information content (AvgIpc) is 2.93. The Labute approximate surface area is 129 Å². The summed E-state index contributed by atoms with van der Waals surface area (Å²) in [6.07, 6.45) is 3.15. The predicted molar refractivity (Wildman–Crippen MR) is 80.1 cm³/mol. The van der Waals surface area contributed by atoms with Crippen LogP contribution in [0.15, 0.2) is 35.2 Å². The number of nitrogens with zero attached hydrogens (tertiary/aromatic N) is 1. The van der Waals surface area contributed by atoms with Crippen LogP contribution in [0.1, 0.15) is 21.6 Å². The zero-order valence-electron chi connectivity index (χ0n) is 11.3. The third-order valence-electron chi connectivity index (χ3n) is 3.03. The highest BCUT2D eigenvalue weighted by Gasteiger charge is 2.22. The van der Waals surface area contributed by atoms with Gasteiger partial charge >= 0.3 is 5.97 Å². The molecular formula is C14H14BrN3O3. The van der Waals surface area contributed by atoms with Gasteiger partial charge in [-0.25, -0.2) is 9.78 Å². The highest BCUT2D eigenvalue weighted by atomic mass is 79.9. The fourth-order valence-electron chi connectivity index (χ4n) is 1.89. The van der Waals surface area contributed by atoms with Gasteiger partial charge in [-0.15, -0.1) is 0 Å². The molecule has 0 spiro atoms. The Kier molecular flexibility index (Phi) is 4.74. The Hall–Kier alpha value is -2.15. The molecule has 0 aliphatic carbocycles. The molecule has 0 saturated heterocycles. The summed E-state index contributed by atoms with van der Waals surface area (Å²) >= 11 is 3.30. The van der Waals surface area contributed by atoms with Crippen LogP contribution in [0.2, 0.25) is 0 Å². The van der Waals surface area contributed by atoms with Gasteiger partial charge in [0.1, 0.15) is 6.04 Å². The van der Waals surface area contributed by atoms with Gasteiger partial charge in [-0.1, -0.05) is 22.0 Å². The van der Waals surface area contributed by atoms with Crippen molar-refractivity contribution >= 4 is 27.8 Å². The topological polar surface area (TPSA) is 95.1 Å². The number of hydrogen-bond acceptors (Lipinski definition) is 3. The van der Waals surface area contributed by atoms with Gasteiger partial charge in [0.15, 0.2) is 0 Å². The number of aliphatic carboxylic acids is 1. The van der Waals surface area contributed by atoms with Gasteiger partial charge in [0.2, 0.25) is 0 Å². The number of benzene rings is 1. The largest absolute Gasteiger partial charge is 0.480 e. The lowest BCUT2D eigenvalue weighted by Crippen LogP contribution is -2.42. The summed E-state index contributed by atoms with van der Waals surface area (Å²) in [7, 11) is 0. The minimum atomic E-state index is -1.09. The number of carbonyl (C=O) groups excluding carboxylic acids is 1. The first-order valence-electron chi connectivity index (χ1n) is 6.24. The fourth-order valence-corrected chi connectivity index (χ4v) is 2.25. The maximum atomic E-state index is 12.2. The van der Waals surface area contributed by atoms with Crippen LogP contribution >= 0.6 is 15.9 Å². The number of aryl methyl sites for hydroxylation is 1. The van der Waals surface area contributed by atoms with Crippen LogP contribution in [0.4, 0.5) is 0 Å². The van der Waals surface area contributed by atoms with Crippen molar-refractivity contribution in [2.45, 2.75) is 19.4 Å². The molecule has 0 aliphatic rings. The minimum absolute atomic E-state index is 0.147. The number of nitrogens with one attached hydrogen (secondary N) is 2. The van der Waals surface area contributed by atoms with Crippen LogP contribution < -0.4 is 5.32 Å². The number of aromatic nitrogens is 2. The summed E-state index contributed by atoms with van der Waals surface area (Å²) in [5, 5.41) is 11.8. The molecule has 21 heavy (non-hydrogen) atoms. The first-order chi connectivity index (χ1) is 9.97. The smallest absolute Gasteiger partial charge is 0.326 e. The molecule has 1 heterocycles. The van der Waals surface area contributed by atoms with E-state index < -0.39 is 17.9 Å². The quantitative estimate of drug-likeness (QED) is 0.766. The molecule has 6 nitrogen and oxygen atoms in total. The summed E-state index contributed by atoms with van der Waals surface area (Å²) < 4.78 is 0.763. The second kappa shape index (κ2) is 6.53. The first kappa shape index (κ1) is 15.2. The standard InChI is InChI=1S/C14H14BrN3O3/c1-8-2-3-9(15)4-11(8)13(19)18-12(14(20)21)5-10-6-16-7-17-10/h2-4,6-7,12H,5H2,1H3,(H,16,17)(H,18,19)(H,20,21)/t12-/m0/s1. The molecule has 3 N–H and O–H groups in total. The van der Waals surface area contributed by atoms with Crippen LogP contribution in [-0.2, 0) is 11.2 Å². The Morgan fingerprint density at radius 3 is 2.86 bits per heavy atom. The molecule has 0 saturated carbocycles. The highest BCUT2D eigenvalue weighted by molar-refractivity contribution is 9.10. The van der Waals surface area contributed by atoms with E-state index in [2.05, 4.69) is 31.2 Å². The van der Waals surface area contributed by atoms with E-state index >= 15 is 0 Å². The number of rotatable bonds is 5. The lowest BCUT2D eigenvalue weighted by Gasteiger charge is -2.15. The lowest BCUT2D eigenvalue weighted by atomic mass is 10.1. The monoisotopic (exact) mass is 351 g/mol. The van der Waals surface area contributed by atoms with Gasteiger partial charge in [-0.2, -0.15) is 0 Å². The maximum absolute atomic E-state index is 12.2. The Bertz CT molecular complexity index is 655. The Balaban J connectivity index is 2.14. The molecular weight excluding hydrogens is 338 g/mol. The summed E-state index contributed by atoms with van der Waals surface area (Å²) in [6.45, 7) is 1.80. The number of imidazole rings is 1. The number of halogens is 1. The summed E-state index contributed by atoms with van der Waals surface area (Å²) in [5.74, 6) is -1.51. The van der Waals surface area contributed by atoms with E-state index in [9.17, 15) is 14.7 Å². The molecule has 0 unspecified atom stereocenters. The minimum Gasteiger partial charge on any atom is -0.480 e. The zero-order chi connectivity index (χ0) is 15.4. The number of carboxylic acid groups (broad SMARTS) is 1. The van der Waals surface area contributed by atoms with Gasteiger partial charge in [-0.3, -0.25) is 4.79 Å². The van der Waals surface area contributed by atoms with Crippen LogP contribution in [-0.4, -0.2) is 33.0 Å². The number of carboxylic acids is 1. The highest BCUT2D eigenvalue weighted by Crippen LogP contribution is 2.16. The van der Waals surface area contributed by atoms with E-state index in [4.69, 9.17) is 0 Å². The number of carbonyl (C=O) groups is 2. The molecule has 1 aromatic heterocycles.